The largest absolute Gasteiger partial charge is 0.385 e. The summed E-state index contributed by atoms with van der Waals surface area (Å²) in [5.74, 6) is -0.118. The van der Waals surface area contributed by atoms with E-state index in [1.165, 1.54) is 0 Å². The van der Waals surface area contributed by atoms with Crippen LogP contribution in [-0.4, -0.2) is 32.2 Å². The third-order valence-corrected chi connectivity index (χ3v) is 2.21. The summed E-state index contributed by atoms with van der Waals surface area (Å²) in [4.78, 5) is 11.4. The molecule has 0 saturated heterocycles. The van der Waals surface area contributed by atoms with E-state index in [0.29, 0.717) is 26.0 Å². The van der Waals surface area contributed by atoms with Gasteiger partial charge in [0.15, 0.2) is 0 Å². The van der Waals surface area contributed by atoms with Crippen molar-refractivity contribution in [2.24, 2.45) is 5.73 Å². The number of nitrogens with one attached hydrogen (secondary N) is 1. The average molecular weight is 227 g/mol. The van der Waals surface area contributed by atoms with Crippen LogP contribution in [0.3, 0.4) is 0 Å². The molecule has 0 rings (SSSR count). The van der Waals surface area contributed by atoms with Crippen LogP contribution in [0, 0.1) is 11.3 Å². The Morgan fingerprint density at radius 1 is 1.50 bits per heavy atom. The van der Waals surface area contributed by atoms with E-state index in [-0.39, 0.29) is 5.91 Å². The second-order valence-corrected chi connectivity index (χ2v) is 3.65. The van der Waals surface area contributed by atoms with Gasteiger partial charge in [0.2, 0.25) is 5.91 Å². The predicted molar refractivity (Wildman–Crippen MR) is 61.6 cm³/mol. The monoisotopic (exact) mass is 227 g/mol. The molecule has 0 aliphatic carbocycles. The van der Waals surface area contributed by atoms with Crippen molar-refractivity contribution < 1.29 is 9.53 Å². The number of rotatable bonds is 9. The van der Waals surface area contributed by atoms with Gasteiger partial charge in [0, 0.05) is 26.7 Å². The van der Waals surface area contributed by atoms with Gasteiger partial charge in [0.05, 0.1) is 12.1 Å². The molecule has 0 aliphatic heterocycles. The number of unbranched alkanes of at least 4 members (excludes halogenated alkanes) is 2. The van der Waals surface area contributed by atoms with E-state index in [1.807, 2.05) is 0 Å². The number of hydrogen-bond donors (Lipinski definition) is 2. The van der Waals surface area contributed by atoms with Gasteiger partial charge >= 0.3 is 0 Å². The fraction of sp³-hybridized carbons (Fsp3) is 0.818. The lowest BCUT2D eigenvalue weighted by Crippen LogP contribution is -2.41. The second-order valence-electron chi connectivity index (χ2n) is 3.65. The fourth-order valence-electron chi connectivity index (χ4n) is 1.25. The van der Waals surface area contributed by atoms with Crippen LogP contribution in [0.4, 0.5) is 0 Å². The van der Waals surface area contributed by atoms with Gasteiger partial charge in [0.25, 0.3) is 0 Å². The Morgan fingerprint density at radius 3 is 2.88 bits per heavy atom. The molecular formula is C11H21N3O2. The molecule has 0 bridgehead atoms. The molecule has 0 aromatic rings. The number of ether oxygens (including phenoxy) is 1. The second kappa shape index (κ2) is 10.4. The predicted octanol–water partition coefficient (Wildman–Crippen LogP) is 0.550. The molecule has 3 N–H and O–H groups in total. The normalized spacial score (nSPS) is 11.8. The molecule has 5 heteroatoms. The van der Waals surface area contributed by atoms with Crippen LogP contribution < -0.4 is 11.1 Å². The highest BCUT2D eigenvalue weighted by atomic mass is 16.5. The molecule has 0 heterocycles. The van der Waals surface area contributed by atoms with E-state index in [2.05, 4.69) is 11.4 Å². The minimum atomic E-state index is -0.453. The maximum absolute atomic E-state index is 11.4. The van der Waals surface area contributed by atoms with E-state index < -0.39 is 6.04 Å². The van der Waals surface area contributed by atoms with Crippen molar-refractivity contribution >= 4 is 5.91 Å². The first-order chi connectivity index (χ1) is 7.72. The quantitative estimate of drug-likeness (QED) is 0.563. The van der Waals surface area contributed by atoms with E-state index in [4.69, 9.17) is 15.7 Å². The third kappa shape index (κ3) is 8.21. The maximum Gasteiger partial charge on any atom is 0.236 e. The molecule has 0 saturated carbocycles. The zero-order valence-electron chi connectivity index (χ0n) is 9.87. The first-order valence-electron chi connectivity index (χ1n) is 5.61. The fourth-order valence-corrected chi connectivity index (χ4v) is 1.25. The molecule has 0 aromatic heterocycles. The summed E-state index contributed by atoms with van der Waals surface area (Å²) in [5, 5.41) is 11.1. The van der Waals surface area contributed by atoms with E-state index in [9.17, 15) is 4.79 Å². The Hall–Kier alpha value is -1.12. The molecule has 0 aromatic carbocycles. The minimum Gasteiger partial charge on any atom is -0.385 e. The zero-order valence-corrected chi connectivity index (χ0v) is 9.87. The molecule has 0 radical (unpaired) electrons. The Balaban J connectivity index is 3.44. The molecule has 5 nitrogen and oxygen atoms in total. The summed E-state index contributed by atoms with van der Waals surface area (Å²) >= 11 is 0. The van der Waals surface area contributed by atoms with Crippen molar-refractivity contribution in [3.63, 3.8) is 0 Å². The Kier molecular flexibility index (Phi) is 9.67. The maximum atomic E-state index is 11.4. The molecule has 0 fully saturated rings. The molecule has 16 heavy (non-hydrogen) atoms. The molecular weight excluding hydrogens is 206 g/mol. The number of nitrogens with zero attached hydrogens (tertiary/aromatic N) is 1. The van der Waals surface area contributed by atoms with Gasteiger partial charge in [-0.25, -0.2) is 0 Å². The first-order valence-corrected chi connectivity index (χ1v) is 5.61. The number of methoxy groups -OCH3 is 1. The van der Waals surface area contributed by atoms with Crippen molar-refractivity contribution in [1.29, 1.82) is 5.26 Å². The highest BCUT2D eigenvalue weighted by molar-refractivity contribution is 5.81. The van der Waals surface area contributed by atoms with Gasteiger partial charge in [0.1, 0.15) is 0 Å². The number of amides is 1. The molecule has 1 unspecified atom stereocenters. The summed E-state index contributed by atoms with van der Waals surface area (Å²) < 4.78 is 4.88. The lowest BCUT2D eigenvalue weighted by molar-refractivity contribution is -0.122. The van der Waals surface area contributed by atoms with Gasteiger partial charge in [-0.15, -0.1) is 0 Å². The number of carbonyl (C=O) groups excluding carboxylic acids is 1. The molecule has 0 spiro atoms. The van der Waals surface area contributed by atoms with E-state index in [0.717, 1.165) is 19.3 Å². The molecule has 1 amide bonds. The summed E-state index contributed by atoms with van der Waals surface area (Å²) in [5.41, 5.74) is 5.68. The number of carbonyl (C=O) groups is 1. The number of nitrogens with two attached hydrogens (primary N) is 1. The molecule has 92 valence electrons. The van der Waals surface area contributed by atoms with Crippen molar-refractivity contribution in [3.05, 3.63) is 0 Å². The topological polar surface area (TPSA) is 88.1 Å². The van der Waals surface area contributed by atoms with Crippen molar-refractivity contribution in [2.45, 2.75) is 38.1 Å². The van der Waals surface area contributed by atoms with Crippen molar-refractivity contribution in [3.8, 4) is 6.07 Å². The van der Waals surface area contributed by atoms with E-state index in [1.54, 1.807) is 7.11 Å². The zero-order chi connectivity index (χ0) is 12.2. The van der Waals surface area contributed by atoms with E-state index >= 15 is 0 Å². The summed E-state index contributed by atoms with van der Waals surface area (Å²) in [6.45, 7) is 1.22. The lowest BCUT2D eigenvalue weighted by Gasteiger charge is -2.11. The lowest BCUT2D eigenvalue weighted by atomic mass is 10.1. The van der Waals surface area contributed by atoms with Crippen molar-refractivity contribution in [2.75, 3.05) is 20.3 Å². The first kappa shape index (κ1) is 14.9. The van der Waals surface area contributed by atoms with Crippen LogP contribution >= 0.6 is 0 Å². The van der Waals surface area contributed by atoms with Gasteiger partial charge < -0.3 is 15.8 Å². The Bertz CT molecular complexity index is 226. The van der Waals surface area contributed by atoms with Crippen LogP contribution in [0.25, 0.3) is 0 Å². The van der Waals surface area contributed by atoms with Crippen molar-refractivity contribution in [1.82, 2.24) is 5.32 Å². The minimum absolute atomic E-state index is 0.118. The van der Waals surface area contributed by atoms with Gasteiger partial charge in [-0.2, -0.15) is 5.26 Å². The standard InChI is InChI=1S/C11H21N3O2/c1-16-9-5-6-10(13)11(15)14-8-4-2-3-7-12/h10H,2-6,8-9,13H2,1H3,(H,14,15). The van der Waals surface area contributed by atoms with Gasteiger partial charge in [-0.3, -0.25) is 4.79 Å². The number of hydrogen-bond acceptors (Lipinski definition) is 4. The molecule has 0 aliphatic rings. The highest BCUT2D eigenvalue weighted by Gasteiger charge is 2.11. The molecule has 1 atom stereocenters. The summed E-state index contributed by atoms with van der Waals surface area (Å²) in [6, 6.07) is 1.61. The number of nitriles is 1. The van der Waals surface area contributed by atoms with Crippen LogP contribution in [0.5, 0.6) is 0 Å². The average Bonchev–Trinajstić information content (AvgIpc) is 2.28. The van der Waals surface area contributed by atoms with Gasteiger partial charge in [-0.05, 0) is 25.7 Å². The van der Waals surface area contributed by atoms with Crippen LogP contribution in [-0.2, 0) is 9.53 Å². The highest BCUT2D eigenvalue weighted by Crippen LogP contribution is 1.96. The van der Waals surface area contributed by atoms with Gasteiger partial charge in [-0.1, -0.05) is 0 Å². The summed E-state index contributed by atoms with van der Waals surface area (Å²) in [7, 11) is 1.63. The Morgan fingerprint density at radius 2 is 2.25 bits per heavy atom. The van der Waals surface area contributed by atoms with Crippen LogP contribution in [0.2, 0.25) is 0 Å². The third-order valence-electron chi connectivity index (χ3n) is 2.21. The van der Waals surface area contributed by atoms with Crippen LogP contribution in [0.1, 0.15) is 32.1 Å². The SMILES string of the molecule is COCCCC(N)C(=O)NCCCCC#N. The Labute approximate surface area is 96.9 Å². The smallest absolute Gasteiger partial charge is 0.236 e. The summed E-state index contributed by atoms with van der Waals surface area (Å²) in [6.07, 6.45) is 3.60. The van der Waals surface area contributed by atoms with Crippen LogP contribution in [0.15, 0.2) is 0 Å².